The van der Waals surface area contributed by atoms with E-state index >= 15 is 0 Å². The van der Waals surface area contributed by atoms with Gasteiger partial charge in [0.05, 0.1) is 13.7 Å². The number of ether oxygens (including phenoxy) is 3. The largest absolute Gasteiger partial charge is 0.497 e. The Morgan fingerprint density at radius 3 is 2.18 bits per heavy atom. The van der Waals surface area contributed by atoms with E-state index in [0.29, 0.717) is 18.8 Å². The van der Waals surface area contributed by atoms with Crippen LogP contribution in [-0.2, 0) is 13.2 Å². The smallest absolute Gasteiger partial charge is 0.253 e. The molecule has 0 unspecified atom stereocenters. The number of piperazine rings is 1. The zero-order valence-electron chi connectivity index (χ0n) is 19.9. The lowest BCUT2D eigenvalue weighted by Gasteiger charge is -2.35. The number of carbonyl (C=O) groups is 1. The molecule has 0 bridgehead atoms. The number of amides is 1. The summed E-state index contributed by atoms with van der Waals surface area (Å²) in [6.45, 7) is 7.00. The van der Waals surface area contributed by atoms with Gasteiger partial charge in [0.2, 0.25) is 0 Å². The van der Waals surface area contributed by atoms with E-state index in [4.69, 9.17) is 14.2 Å². The van der Waals surface area contributed by atoms with Gasteiger partial charge in [-0.2, -0.15) is 0 Å². The van der Waals surface area contributed by atoms with Crippen LogP contribution in [0.2, 0.25) is 0 Å². The first-order valence-corrected chi connectivity index (χ1v) is 11.7. The first kappa shape index (κ1) is 23.6. The summed E-state index contributed by atoms with van der Waals surface area (Å²) in [6.07, 6.45) is 0. The van der Waals surface area contributed by atoms with Crippen LogP contribution < -0.4 is 14.2 Å². The molecule has 0 radical (unpaired) electrons. The Morgan fingerprint density at radius 1 is 0.794 bits per heavy atom. The standard InChI is InChI=1S/C28H32N2O4/c1-3-33-25-10-12-26(13-11-25)34-21-23-7-4-8-24(18-23)28(31)30-16-14-29(15-17-30)20-22-6-5-9-27(19-22)32-2/h4-13,18-19H,3,14-17,20-21H2,1-2H3. The molecule has 0 N–H and O–H groups in total. The van der Waals surface area contributed by atoms with Crippen molar-refractivity contribution in [2.24, 2.45) is 0 Å². The molecule has 1 fully saturated rings. The number of hydrogen-bond acceptors (Lipinski definition) is 5. The van der Waals surface area contributed by atoms with Gasteiger partial charge < -0.3 is 19.1 Å². The van der Waals surface area contributed by atoms with Gasteiger partial charge in [0.1, 0.15) is 23.9 Å². The van der Waals surface area contributed by atoms with Crippen molar-refractivity contribution >= 4 is 5.91 Å². The van der Waals surface area contributed by atoms with E-state index in [0.717, 1.165) is 55.5 Å². The monoisotopic (exact) mass is 460 g/mol. The van der Waals surface area contributed by atoms with Crippen molar-refractivity contribution < 1.29 is 19.0 Å². The Morgan fingerprint density at radius 2 is 1.47 bits per heavy atom. The maximum atomic E-state index is 13.1. The van der Waals surface area contributed by atoms with E-state index in [9.17, 15) is 4.79 Å². The Labute approximate surface area is 201 Å². The molecule has 1 aliphatic heterocycles. The molecule has 0 aliphatic carbocycles. The van der Waals surface area contributed by atoms with E-state index in [1.54, 1.807) is 7.11 Å². The SMILES string of the molecule is CCOc1ccc(OCc2cccc(C(=O)N3CCN(Cc4cccc(OC)c4)CC3)c2)cc1. The molecule has 4 rings (SSSR count). The van der Waals surface area contributed by atoms with E-state index in [-0.39, 0.29) is 5.91 Å². The van der Waals surface area contributed by atoms with Gasteiger partial charge in [-0.3, -0.25) is 9.69 Å². The molecule has 0 atom stereocenters. The second-order valence-electron chi connectivity index (χ2n) is 8.31. The number of hydrogen-bond donors (Lipinski definition) is 0. The zero-order valence-corrected chi connectivity index (χ0v) is 19.9. The maximum absolute atomic E-state index is 13.1. The van der Waals surface area contributed by atoms with Crippen LogP contribution in [0.3, 0.4) is 0 Å². The zero-order chi connectivity index (χ0) is 23.8. The van der Waals surface area contributed by atoms with E-state index in [1.165, 1.54) is 5.56 Å². The van der Waals surface area contributed by atoms with Gasteiger partial charge in [-0.05, 0) is 66.6 Å². The average molecular weight is 461 g/mol. The lowest BCUT2D eigenvalue weighted by atomic mass is 10.1. The highest BCUT2D eigenvalue weighted by atomic mass is 16.5. The number of carbonyl (C=O) groups excluding carboxylic acids is 1. The molecule has 0 spiro atoms. The summed E-state index contributed by atoms with van der Waals surface area (Å²) in [7, 11) is 1.69. The molecular weight excluding hydrogens is 428 g/mol. The van der Waals surface area contributed by atoms with Gasteiger partial charge in [-0.15, -0.1) is 0 Å². The normalized spacial score (nSPS) is 14.0. The van der Waals surface area contributed by atoms with Crippen molar-refractivity contribution in [2.75, 3.05) is 39.9 Å². The minimum Gasteiger partial charge on any atom is -0.497 e. The lowest BCUT2D eigenvalue weighted by Crippen LogP contribution is -2.48. The first-order valence-electron chi connectivity index (χ1n) is 11.7. The number of rotatable bonds is 9. The Kier molecular flexibility index (Phi) is 8.04. The third-order valence-electron chi connectivity index (χ3n) is 5.91. The van der Waals surface area contributed by atoms with E-state index < -0.39 is 0 Å². The first-order chi connectivity index (χ1) is 16.6. The van der Waals surface area contributed by atoms with Crippen LogP contribution in [0.25, 0.3) is 0 Å². The summed E-state index contributed by atoms with van der Waals surface area (Å²) in [6, 6.07) is 23.4. The van der Waals surface area contributed by atoms with Gasteiger partial charge in [0.25, 0.3) is 5.91 Å². The molecule has 1 heterocycles. The predicted molar refractivity (Wildman–Crippen MR) is 133 cm³/mol. The molecule has 34 heavy (non-hydrogen) atoms. The second-order valence-corrected chi connectivity index (χ2v) is 8.31. The molecule has 3 aromatic carbocycles. The van der Waals surface area contributed by atoms with Gasteiger partial charge >= 0.3 is 0 Å². The van der Waals surface area contributed by atoms with Crippen LogP contribution >= 0.6 is 0 Å². The number of methoxy groups -OCH3 is 1. The summed E-state index contributed by atoms with van der Waals surface area (Å²) >= 11 is 0. The quantitative estimate of drug-likeness (QED) is 0.466. The molecule has 1 aliphatic rings. The summed E-state index contributed by atoms with van der Waals surface area (Å²) in [4.78, 5) is 17.4. The van der Waals surface area contributed by atoms with Crippen LogP contribution in [0.5, 0.6) is 17.2 Å². The molecule has 6 nitrogen and oxygen atoms in total. The van der Waals surface area contributed by atoms with Crippen molar-refractivity contribution in [3.8, 4) is 17.2 Å². The molecule has 0 aromatic heterocycles. The van der Waals surface area contributed by atoms with Crippen molar-refractivity contribution in [1.82, 2.24) is 9.80 Å². The second kappa shape index (κ2) is 11.6. The minimum atomic E-state index is 0.0731. The number of nitrogens with zero attached hydrogens (tertiary/aromatic N) is 2. The van der Waals surface area contributed by atoms with Crippen LogP contribution in [0.4, 0.5) is 0 Å². The lowest BCUT2D eigenvalue weighted by molar-refractivity contribution is 0.0628. The minimum absolute atomic E-state index is 0.0731. The van der Waals surface area contributed by atoms with Crippen LogP contribution in [0.1, 0.15) is 28.4 Å². The van der Waals surface area contributed by atoms with Crippen molar-refractivity contribution in [2.45, 2.75) is 20.1 Å². The Hall–Kier alpha value is -3.51. The molecule has 178 valence electrons. The topological polar surface area (TPSA) is 51.2 Å². The third-order valence-corrected chi connectivity index (χ3v) is 5.91. The Balaban J connectivity index is 1.29. The van der Waals surface area contributed by atoms with Crippen molar-refractivity contribution in [3.63, 3.8) is 0 Å². The van der Waals surface area contributed by atoms with Crippen LogP contribution in [0.15, 0.2) is 72.8 Å². The molecular formula is C28H32N2O4. The summed E-state index contributed by atoms with van der Waals surface area (Å²) in [5.74, 6) is 2.54. The van der Waals surface area contributed by atoms with Crippen LogP contribution in [0, 0.1) is 0 Å². The molecule has 3 aromatic rings. The van der Waals surface area contributed by atoms with Gasteiger partial charge in [-0.25, -0.2) is 0 Å². The fourth-order valence-corrected chi connectivity index (χ4v) is 4.08. The summed E-state index contributed by atoms with van der Waals surface area (Å²) in [5.41, 5.74) is 2.89. The highest BCUT2D eigenvalue weighted by Gasteiger charge is 2.22. The number of benzene rings is 3. The maximum Gasteiger partial charge on any atom is 0.253 e. The summed E-state index contributed by atoms with van der Waals surface area (Å²) < 4.78 is 16.7. The third kappa shape index (κ3) is 6.29. The fourth-order valence-electron chi connectivity index (χ4n) is 4.08. The molecule has 0 saturated carbocycles. The van der Waals surface area contributed by atoms with Gasteiger partial charge in [0, 0.05) is 38.3 Å². The van der Waals surface area contributed by atoms with Gasteiger partial charge in [0.15, 0.2) is 0 Å². The molecule has 1 saturated heterocycles. The fraction of sp³-hybridized carbons (Fsp3) is 0.321. The summed E-state index contributed by atoms with van der Waals surface area (Å²) in [5, 5.41) is 0. The highest BCUT2D eigenvalue weighted by Crippen LogP contribution is 2.20. The van der Waals surface area contributed by atoms with Crippen molar-refractivity contribution in [1.29, 1.82) is 0 Å². The Bertz CT molecular complexity index is 1080. The van der Waals surface area contributed by atoms with Crippen LogP contribution in [-0.4, -0.2) is 55.6 Å². The van der Waals surface area contributed by atoms with Gasteiger partial charge in [-0.1, -0.05) is 24.3 Å². The predicted octanol–water partition coefficient (Wildman–Crippen LogP) is 4.63. The van der Waals surface area contributed by atoms with Crippen molar-refractivity contribution in [3.05, 3.63) is 89.5 Å². The van der Waals surface area contributed by atoms with E-state index in [2.05, 4.69) is 17.0 Å². The highest BCUT2D eigenvalue weighted by molar-refractivity contribution is 5.94. The molecule has 6 heteroatoms. The molecule has 1 amide bonds. The average Bonchev–Trinajstić information content (AvgIpc) is 2.89. The van der Waals surface area contributed by atoms with E-state index in [1.807, 2.05) is 72.5 Å².